The van der Waals surface area contributed by atoms with E-state index in [1.807, 2.05) is 28.8 Å². The van der Waals surface area contributed by atoms with Gasteiger partial charge in [0.1, 0.15) is 6.54 Å². The van der Waals surface area contributed by atoms with Crippen LogP contribution in [0.15, 0.2) is 30.6 Å². The van der Waals surface area contributed by atoms with Gasteiger partial charge in [0.05, 0.1) is 17.4 Å². The Kier molecular flexibility index (Phi) is 5.12. The van der Waals surface area contributed by atoms with Crippen molar-refractivity contribution in [1.82, 2.24) is 14.9 Å². The number of benzene rings is 1. The molecule has 0 spiro atoms. The fraction of sp³-hybridized carbons (Fsp3) is 0.467. The largest absolute Gasteiger partial charge is 0.396 e. The van der Waals surface area contributed by atoms with Gasteiger partial charge in [-0.05, 0) is 24.5 Å². The number of fused-ring (bicyclic) bond motifs is 1. The predicted molar refractivity (Wildman–Crippen MR) is 78.2 cm³/mol. The molecule has 0 fully saturated rings. The molecular formula is C15H21N3O2. The monoisotopic (exact) mass is 275 g/mol. The van der Waals surface area contributed by atoms with E-state index in [4.69, 9.17) is 5.11 Å². The summed E-state index contributed by atoms with van der Waals surface area (Å²) in [5.41, 5.74) is 1.86. The highest BCUT2D eigenvalue weighted by Crippen LogP contribution is 2.11. The summed E-state index contributed by atoms with van der Waals surface area (Å²) in [7, 11) is 0. The summed E-state index contributed by atoms with van der Waals surface area (Å²) in [4.78, 5) is 16.2. The first-order valence-corrected chi connectivity index (χ1v) is 7.02. The molecule has 0 radical (unpaired) electrons. The zero-order valence-electron chi connectivity index (χ0n) is 11.7. The lowest BCUT2D eigenvalue weighted by Crippen LogP contribution is -2.32. The quantitative estimate of drug-likeness (QED) is 0.806. The highest BCUT2D eigenvalue weighted by Gasteiger charge is 2.10. The second-order valence-corrected chi connectivity index (χ2v) is 4.95. The summed E-state index contributed by atoms with van der Waals surface area (Å²) in [5.74, 6) is 0.313. The van der Waals surface area contributed by atoms with Crippen molar-refractivity contribution < 1.29 is 9.90 Å². The topological polar surface area (TPSA) is 67.2 Å². The van der Waals surface area contributed by atoms with E-state index in [-0.39, 0.29) is 19.1 Å². The van der Waals surface area contributed by atoms with Crippen molar-refractivity contribution in [2.24, 2.45) is 5.92 Å². The van der Waals surface area contributed by atoms with Gasteiger partial charge < -0.3 is 15.0 Å². The molecule has 5 nitrogen and oxygen atoms in total. The molecule has 1 heterocycles. The van der Waals surface area contributed by atoms with E-state index in [2.05, 4.69) is 17.2 Å². The highest BCUT2D eigenvalue weighted by molar-refractivity contribution is 5.80. The molecule has 5 heteroatoms. The number of imidazole rings is 1. The van der Waals surface area contributed by atoms with Gasteiger partial charge in [-0.3, -0.25) is 4.79 Å². The van der Waals surface area contributed by atoms with E-state index in [0.717, 1.165) is 23.9 Å². The van der Waals surface area contributed by atoms with Crippen molar-refractivity contribution in [3.63, 3.8) is 0 Å². The highest BCUT2D eigenvalue weighted by atomic mass is 16.3. The predicted octanol–water partition coefficient (Wildman–Crippen LogP) is 1.56. The number of carbonyl (C=O) groups excluding carboxylic acids is 1. The van der Waals surface area contributed by atoms with E-state index < -0.39 is 0 Å². The van der Waals surface area contributed by atoms with Gasteiger partial charge in [-0.1, -0.05) is 25.5 Å². The minimum absolute atomic E-state index is 0.0236. The number of aromatic nitrogens is 2. The molecule has 1 aromatic carbocycles. The first-order valence-electron chi connectivity index (χ1n) is 7.02. The fourth-order valence-corrected chi connectivity index (χ4v) is 2.24. The van der Waals surface area contributed by atoms with Crippen LogP contribution in [-0.2, 0) is 11.3 Å². The summed E-state index contributed by atoms with van der Waals surface area (Å²) in [6.07, 6.45) is 3.37. The Morgan fingerprint density at radius 1 is 1.45 bits per heavy atom. The number of aliphatic hydroxyl groups is 1. The third-order valence-electron chi connectivity index (χ3n) is 3.54. The van der Waals surface area contributed by atoms with Crippen LogP contribution in [-0.4, -0.2) is 33.7 Å². The minimum atomic E-state index is -0.0236. The summed E-state index contributed by atoms with van der Waals surface area (Å²) < 4.78 is 1.84. The van der Waals surface area contributed by atoms with Gasteiger partial charge in [0, 0.05) is 13.2 Å². The van der Waals surface area contributed by atoms with E-state index >= 15 is 0 Å². The zero-order chi connectivity index (χ0) is 14.4. The molecule has 0 aliphatic carbocycles. The number of carbonyl (C=O) groups is 1. The summed E-state index contributed by atoms with van der Waals surface area (Å²) >= 11 is 0. The lowest BCUT2D eigenvalue weighted by atomic mass is 10.0. The fourth-order valence-electron chi connectivity index (χ4n) is 2.24. The van der Waals surface area contributed by atoms with Gasteiger partial charge in [-0.15, -0.1) is 0 Å². The second kappa shape index (κ2) is 7.05. The first kappa shape index (κ1) is 14.5. The van der Waals surface area contributed by atoms with Gasteiger partial charge in [0.15, 0.2) is 0 Å². The van der Waals surface area contributed by atoms with Gasteiger partial charge in [0.25, 0.3) is 0 Å². The molecule has 1 atom stereocenters. The standard InChI is InChI=1S/C15H21N3O2/c1-2-12(7-8-19)9-16-15(20)10-18-11-17-13-5-3-4-6-14(13)18/h3-6,11-12,19H,2,7-10H2,1H3,(H,16,20). The van der Waals surface area contributed by atoms with Crippen LogP contribution in [0.4, 0.5) is 0 Å². The molecule has 0 aliphatic rings. The minimum Gasteiger partial charge on any atom is -0.396 e. The number of amides is 1. The molecule has 2 rings (SSSR count). The molecule has 1 unspecified atom stereocenters. The Bertz CT molecular complexity index is 565. The van der Waals surface area contributed by atoms with Crippen molar-refractivity contribution in [2.45, 2.75) is 26.3 Å². The lowest BCUT2D eigenvalue weighted by molar-refractivity contribution is -0.121. The number of hydrogen-bond donors (Lipinski definition) is 2. The van der Waals surface area contributed by atoms with E-state index in [1.54, 1.807) is 6.33 Å². The summed E-state index contributed by atoms with van der Waals surface area (Å²) in [6.45, 7) is 3.12. The number of nitrogens with zero attached hydrogens (tertiary/aromatic N) is 2. The van der Waals surface area contributed by atoms with Gasteiger partial charge in [0.2, 0.25) is 5.91 Å². The third kappa shape index (κ3) is 3.57. The van der Waals surface area contributed by atoms with Gasteiger partial charge in [-0.25, -0.2) is 4.98 Å². The van der Waals surface area contributed by atoms with E-state index in [1.165, 1.54) is 0 Å². The van der Waals surface area contributed by atoms with Crippen LogP contribution in [0, 0.1) is 5.92 Å². The van der Waals surface area contributed by atoms with Crippen LogP contribution in [0.1, 0.15) is 19.8 Å². The first-order chi connectivity index (χ1) is 9.74. The molecule has 0 aliphatic heterocycles. The average molecular weight is 275 g/mol. The van der Waals surface area contributed by atoms with Crippen LogP contribution in [0.2, 0.25) is 0 Å². The van der Waals surface area contributed by atoms with Crippen LogP contribution in [0.5, 0.6) is 0 Å². The van der Waals surface area contributed by atoms with Crippen LogP contribution < -0.4 is 5.32 Å². The Hall–Kier alpha value is -1.88. The molecule has 20 heavy (non-hydrogen) atoms. The molecular weight excluding hydrogens is 254 g/mol. The Labute approximate surface area is 118 Å². The lowest BCUT2D eigenvalue weighted by Gasteiger charge is -2.14. The smallest absolute Gasteiger partial charge is 0.240 e. The van der Waals surface area contributed by atoms with Crippen LogP contribution >= 0.6 is 0 Å². The van der Waals surface area contributed by atoms with E-state index in [9.17, 15) is 4.79 Å². The normalized spacial score (nSPS) is 12.5. The third-order valence-corrected chi connectivity index (χ3v) is 3.54. The van der Waals surface area contributed by atoms with Crippen molar-refractivity contribution in [2.75, 3.05) is 13.2 Å². The Morgan fingerprint density at radius 2 is 2.25 bits per heavy atom. The molecule has 1 aromatic heterocycles. The van der Waals surface area contributed by atoms with Gasteiger partial charge >= 0.3 is 0 Å². The van der Waals surface area contributed by atoms with Crippen LogP contribution in [0.3, 0.4) is 0 Å². The van der Waals surface area contributed by atoms with Gasteiger partial charge in [-0.2, -0.15) is 0 Å². The Balaban J connectivity index is 1.91. The van der Waals surface area contributed by atoms with Crippen LogP contribution in [0.25, 0.3) is 11.0 Å². The Morgan fingerprint density at radius 3 is 3.00 bits per heavy atom. The maximum atomic E-state index is 12.0. The van der Waals surface area contributed by atoms with Crippen molar-refractivity contribution >= 4 is 16.9 Å². The molecule has 2 aromatic rings. The molecule has 108 valence electrons. The number of hydrogen-bond acceptors (Lipinski definition) is 3. The average Bonchev–Trinajstić information content (AvgIpc) is 2.87. The maximum Gasteiger partial charge on any atom is 0.240 e. The molecule has 1 amide bonds. The van der Waals surface area contributed by atoms with E-state index in [0.29, 0.717) is 12.5 Å². The molecule has 0 bridgehead atoms. The van der Waals surface area contributed by atoms with Crippen molar-refractivity contribution in [3.05, 3.63) is 30.6 Å². The number of para-hydroxylation sites is 2. The number of nitrogens with one attached hydrogen (secondary N) is 1. The molecule has 0 saturated heterocycles. The molecule has 0 saturated carbocycles. The summed E-state index contributed by atoms with van der Waals surface area (Å²) in [5, 5.41) is 11.9. The second-order valence-electron chi connectivity index (χ2n) is 4.95. The van der Waals surface area contributed by atoms with Crippen molar-refractivity contribution in [3.8, 4) is 0 Å². The summed E-state index contributed by atoms with van der Waals surface area (Å²) in [6, 6.07) is 7.75. The number of rotatable bonds is 7. The van der Waals surface area contributed by atoms with Crippen molar-refractivity contribution in [1.29, 1.82) is 0 Å². The SMILES string of the molecule is CCC(CCO)CNC(=O)Cn1cnc2ccccc21. The molecule has 2 N–H and O–H groups in total. The zero-order valence-corrected chi connectivity index (χ0v) is 11.7. The maximum absolute atomic E-state index is 12.0. The number of aliphatic hydroxyl groups excluding tert-OH is 1.